The van der Waals surface area contributed by atoms with Crippen LogP contribution in [0, 0.1) is 0 Å². The van der Waals surface area contributed by atoms with Crippen LogP contribution in [0.3, 0.4) is 0 Å². The molecule has 2 aliphatic carbocycles. The summed E-state index contributed by atoms with van der Waals surface area (Å²) in [5, 5.41) is 7.64. The number of hydrogen-bond donors (Lipinski definition) is 0. The van der Waals surface area contributed by atoms with E-state index in [1.54, 1.807) is 0 Å². The lowest BCUT2D eigenvalue weighted by Crippen LogP contribution is -2.07. The Balaban J connectivity index is 1.27. The van der Waals surface area contributed by atoms with E-state index in [1.165, 1.54) is 54.5 Å². The van der Waals surface area contributed by atoms with Gasteiger partial charge in [0.25, 0.3) is 0 Å². The Bertz CT molecular complexity index is 2630. The molecule has 0 saturated carbocycles. The van der Waals surface area contributed by atoms with E-state index < -0.39 is 0 Å². The summed E-state index contributed by atoms with van der Waals surface area (Å²) in [6.07, 6.45) is 16.6. The van der Waals surface area contributed by atoms with Crippen molar-refractivity contribution in [3.8, 4) is 28.3 Å². The number of hydrogen-bond acceptors (Lipinski definition) is 2. The SMILES string of the molecule is C1=CCCC(c2cc(-c3nc(-c4ccccc4)cc(C4CC=CCC4)n3)cc(-n3c4ccc5ccccc5c4c4c5ccccc5ccc43)c2)=C1. The first-order valence-electron chi connectivity index (χ1n) is 18.2. The Hall–Kier alpha value is -6.06. The third kappa shape index (κ3) is 5.20. The molecule has 8 aromatic rings. The van der Waals surface area contributed by atoms with Crippen LogP contribution in [0.25, 0.3) is 77.3 Å². The third-order valence-electron chi connectivity index (χ3n) is 10.9. The molecule has 0 fully saturated rings. The van der Waals surface area contributed by atoms with Gasteiger partial charge in [-0.25, -0.2) is 9.97 Å². The largest absolute Gasteiger partial charge is 0.309 e. The number of nitrogens with zero attached hydrogens (tertiary/aromatic N) is 3. The van der Waals surface area contributed by atoms with E-state index >= 15 is 0 Å². The van der Waals surface area contributed by atoms with Gasteiger partial charge in [0, 0.05) is 39.2 Å². The van der Waals surface area contributed by atoms with Crippen molar-refractivity contribution in [3.63, 3.8) is 0 Å². The van der Waals surface area contributed by atoms with Crippen LogP contribution in [0.1, 0.15) is 49.3 Å². The minimum Gasteiger partial charge on any atom is -0.309 e. The van der Waals surface area contributed by atoms with Gasteiger partial charge in [-0.15, -0.1) is 0 Å². The molecule has 1 unspecified atom stereocenters. The molecule has 0 radical (unpaired) electrons. The lowest BCUT2D eigenvalue weighted by molar-refractivity contribution is 0.600. The van der Waals surface area contributed by atoms with Gasteiger partial charge in [-0.3, -0.25) is 0 Å². The standard InChI is InChI=1S/C48H37N3/c1-4-14-32(15-5-1)37-28-38(48-49-42(35-18-6-2-7-19-35)31-43(50-48)36-20-8-3-9-21-36)30-39(29-37)51-44-26-24-33-16-10-12-22-40(33)46(44)47-41-23-13-11-17-34(41)25-27-45(47)51/h1-4,6-8,10-14,16-19,22-31,36H,5,9,15,20-21H2. The maximum atomic E-state index is 5.38. The highest BCUT2D eigenvalue weighted by atomic mass is 15.0. The van der Waals surface area contributed by atoms with Crippen LogP contribution in [0.4, 0.5) is 0 Å². The highest BCUT2D eigenvalue weighted by Gasteiger charge is 2.21. The number of rotatable bonds is 5. The number of aromatic nitrogens is 3. The molecule has 10 rings (SSSR count). The number of benzene rings is 6. The third-order valence-corrected chi connectivity index (χ3v) is 10.9. The second-order valence-electron chi connectivity index (χ2n) is 14.0. The molecular weight excluding hydrogens is 619 g/mol. The average molecular weight is 656 g/mol. The summed E-state index contributed by atoms with van der Waals surface area (Å²) in [5.74, 6) is 1.17. The molecule has 3 heteroatoms. The molecule has 6 aromatic carbocycles. The molecule has 0 spiro atoms. The molecule has 3 nitrogen and oxygen atoms in total. The molecule has 2 aliphatic rings. The molecule has 0 aliphatic heterocycles. The minimum atomic E-state index is 0.381. The van der Waals surface area contributed by atoms with Crippen molar-refractivity contribution in [1.82, 2.24) is 14.5 Å². The van der Waals surface area contributed by atoms with E-state index in [4.69, 9.17) is 9.97 Å². The zero-order valence-electron chi connectivity index (χ0n) is 28.5. The quantitative estimate of drug-likeness (QED) is 0.173. The van der Waals surface area contributed by atoms with Gasteiger partial charge in [0.15, 0.2) is 5.82 Å². The molecular formula is C48H37N3. The Morgan fingerprint density at radius 2 is 1.27 bits per heavy atom. The van der Waals surface area contributed by atoms with Gasteiger partial charge in [0.2, 0.25) is 0 Å². The number of fused-ring (bicyclic) bond motifs is 7. The van der Waals surface area contributed by atoms with E-state index in [2.05, 4.69) is 162 Å². The summed E-state index contributed by atoms with van der Waals surface area (Å²) in [6.45, 7) is 0. The predicted octanol–water partition coefficient (Wildman–Crippen LogP) is 12.8. The fourth-order valence-corrected chi connectivity index (χ4v) is 8.35. The summed E-state index contributed by atoms with van der Waals surface area (Å²) in [5.41, 5.74) is 10.4. The van der Waals surface area contributed by atoms with E-state index in [-0.39, 0.29) is 0 Å². The minimum absolute atomic E-state index is 0.381. The van der Waals surface area contributed by atoms with Crippen molar-refractivity contribution in [2.24, 2.45) is 0 Å². The summed E-state index contributed by atoms with van der Waals surface area (Å²) >= 11 is 0. The lowest BCUT2D eigenvalue weighted by Gasteiger charge is -2.20. The smallest absolute Gasteiger partial charge is 0.160 e. The summed E-state index contributed by atoms with van der Waals surface area (Å²) in [6, 6.07) is 46.6. The first-order valence-corrected chi connectivity index (χ1v) is 18.2. The van der Waals surface area contributed by atoms with Crippen LogP contribution in [-0.4, -0.2) is 14.5 Å². The molecule has 2 aromatic heterocycles. The molecule has 0 bridgehead atoms. The molecule has 0 amide bonds. The van der Waals surface area contributed by atoms with Crippen LogP contribution in [0.5, 0.6) is 0 Å². The van der Waals surface area contributed by atoms with Crippen LogP contribution < -0.4 is 0 Å². The van der Waals surface area contributed by atoms with Crippen molar-refractivity contribution < 1.29 is 0 Å². The Kier molecular flexibility index (Phi) is 7.23. The predicted molar refractivity (Wildman–Crippen MR) is 214 cm³/mol. The second-order valence-corrected chi connectivity index (χ2v) is 14.0. The molecule has 1 atom stereocenters. The van der Waals surface area contributed by atoms with Crippen molar-refractivity contribution in [3.05, 3.63) is 169 Å². The Morgan fingerprint density at radius 1 is 0.569 bits per heavy atom. The summed E-state index contributed by atoms with van der Waals surface area (Å²) < 4.78 is 2.48. The van der Waals surface area contributed by atoms with E-state index in [0.717, 1.165) is 66.1 Å². The van der Waals surface area contributed by atoms with Crippen molar-refractivity contribution in [1.29, 1.82) is 0 Å². The van der Waals surface area contributed by atoms with Gasteiger partial charge < -0.3 is 4.57 Å². The molecule has 0 saturated heterocycles. The van der Waals surface area contributed by atoms with E-state index in [9.17, 15) is 0 Å². The highest BCUT2D eigenvalue weighted by Crippen LogP contribution is 2.42. The average Bonchev–Trinajstić information content (AvgIpc) is 3.57. The molecule has 2 heterocycles. The summed E-state index contributed by atoms with van der Waals surface area (Å²) in [7, 11) is 0. The lowest BCUT2D eigenvalue weighted by atomic mass is 9.90. The maximum absolute atomic E-state index is 5.38. The van der Waals surface area contributed by atoms with Gasteiger partial charge in [-0.1, -0.05) is 121 Å². The van der Waals surface area contributed by atoms with Crippen molar-refractivity contribution >= 4 is 48.9 Å². The van der Waals surface area contributed by atoms with Gasteiger partial charge >= 0.3 is 0 Å². The van der Waals surface area contributed by atoms with Gasteiger partial charge in [-0.2, -0.15) is 0 Å². The second kappa shape index (κ2) is 12.4. The first kappa shape index (κ1) is 29.8. The van der Waals surface area contributed by atoms with E-state index in [1.807, 2.05) is 0 Å². The zero-order valence-corrected chi connectivity index (χ0v) is 28.5. The normalized spacial score (nSPS) is 16.0. The Morgan fingerprint density at radius 3 is 1.96 bits per heavy atom. The Labute approximate surface area is 297 Å². The first-order chi connectivity index (χ1) is 25.3. The van der Waals surface area contributed by atoms with Crippen molar-refractivity contribution in [2.75, 3.05) is 0 Å². The van der Waals surface area contributed by atoms with Gasteiger partial charge in [-0.05, 0) is 101 Å². The van der Waals surface area contributed by atoms with Crippen LogP contribution >= 0.6 is 0 Å². The summed E-state index contributed by atoms with van der Waals surface area (Å²) in [4.78, 5) is 10.7. The maximum Gasteiger partial charge on any atom is 0.160 e. The van der Waals surface area contributed by atoms with Crippen LogP contribution in [0.15, 0.2) is 158 Å². The fourth-order valence-electron chi connectivity index (χ4n) is 8.35. The molecule has 0 N–H and O–H groups in total. The molecule has 51 heavy (non-hydrogen) atoms. The fraction of sp³-hybridized carbons (Fsp3) is 0.125. The van der Waals surface area contributed by atoms with Crippen LogP contribution in [0.2, 0.25) is 0 Å². The number of allylic oxidation sites excluding steroid dienone is 6. The van der Waals surface area contributed by atoms with E-state index in [0.29, 0.717) is 5.92 Å². The van der Waals surface area contributed by atoms with Crippen LogP contribution in [-0.2, 0) is 0 Å². The highest BCUT2D eigenvalue weighted by molar-refractivity contribution is 6.28. The van der Waals surface area contributed by atoms with Crippen molar-refractivity contribution in [2.45, 2.75) is 38.0 Å². The topological polar surface area (TPSA) is 30.7 Å². The zero-order chi connectivity index (χ0) is 33.7. The molecule has 244 valence electrons. The monoisotopic (exact) mass is 655 g/mol. The van der Waals surface area contributed by atoms with Gasteiger partial charge in [0.1, 0.15) is 0 Å². The van der Waals surface area contributed by atoms with Gasteiger partial charge in [0.05, 0.1) is 16.7 Å².